The van der Waals surface area contributed by atoms with Crippen molar-refractivity contribution in [3.05, 3.63) is 52.8 Å². The first kappa shape index (κ1) is 12.9. The molecule has 0 saturated heterocycles. The molecule has 2 heterocycles. The van der Waals surface area contributed by atoms with E-state index in [0.717, 1.165) is 26.7 Å². The highest BCUT2D eigenvalue weighted by molar-refractivity contribution is 9.10. The third-order valence-corrected chi connectivity index (χ3v) is 3.61. The molecule has 3 rings (SSSR count). The molecule has 2 aromatic heterocycles. The lowest BCUT2D eigenvalue weighted by atomic mass is 9.99. The topological polar surface area (TPSA) is 64.9 Å². The molecular formula is C15H12BrN3O. The first-order valence-corrected chi connectivity index (χ1v) is 6.88. The lowest BCUT2D eigenvalue weighted by molar-refractivity contribution is 0.436. The average molecular weight is 330 g/mol. The first-order valence-electron chi connectivity index (χ1n) is 6.09. The summed E-state index contributed by atoms with van der Waals surface area (Å²) >= 11 is 3.46. The van der Waals surface area contributed by atoms with Gasteiger partial charge in [0.25, 0.3) is 0 Å². The fraction of sp³-hybridized carbons (Fsp3) is 0.0667. The highest BCUT2D eigenvalue weighted by Crippen LogP contribution is 2.38. The van der Waals surface area contributed by atoms with Crippen molar-refractivity contribution < 1.29 is 4.52 Å². The standard InChI is InChI=1S/C15H12BrN3O/c1-9-8-11(16)2-3-12(9)14-13(15(17)19-20-14)10-4-6-18-7-5-10/h2-8H,1H3,(H2,17,19). The minimum atomic E-state index is 0.383. The summed E-state index contributed by atoms with van der Waals surface area (Å²) in [6.07, 6.45) is 3.44. The van der Waals surface area contributed by atoms with Gasteiger partial charge in [-0.1, -0.05) is 21.1 Å². The van der Waals surface area contributed by atoms with Gasteiger partial charge in [-0.2, -0.15) is 0 Å². The second-order valence-corrected chi connectivity index (χ2v) is 5.38. The fourth-order valence-corrected chi connectivity index (χ4v) is 2.64. The molecule has 0 bridgehead atoms. The van der Waals surface area contributed by atoms with Crippen molar-refractivity contribution in [3.8, 4) is 22.5 Å². The van der Waals surface area contributed by atoms with Crippen LogP contribution < -0.4 is 5.73 Å². The van der Waals surface area contributed by atoms with Crippen LogP contribution in [-0.2, 0) is 0 Å². The summed E-state index contributed by atoms with van der Waals surface area (Å²) in [5.41, 5.74) is 9.77. The number of nitrogens with zero attached hydrogens (tertiary/aromatic N) is 2. The Labute approximate surface area is 124 Å². The number of hydrogen-bond donors (Lipinski definition) is 1. The van der Waals surface area contributed by atoms with E-state index in [9.17, 15) is 0 Å². The summed E-state index contributed by atoms with van der Waals surface area (Å²) in [7, 11) is 0. The van der Waals surface area contributed by atoms with Gasteiger partial charge in [0.15, 0.2) is 11.6 Å². The monoisotopic (exact) mass is 329 g/mol. The molecule has 100 valence electrons. The van der Waals surface area contributed by atoms with Crippen molar-refractivity contribution in [2.24, 2.45) is 0 Å². The van der Waals surface area contributed by atoms with Crippen LogP contribution in [-0.4, -0.2) is 10.1 Å². The summed E-state index contributed by atoms with van der Waals surface area (Å²) in [6.45, 7) is 2.02. The molecule has 0 fully saturated rings. The maximum atomic E-state index is 5.96. The Morgan fingerprint density at radius 2 is 1.90 bits per heavy atom. The van der Waals surface area contributed by atoms with E-state index in [2.05, 4.69) is 26.1 Å². The van der Waals surface area contributed by atoms with Crippen LogP contribution in [0.25, 0.3) is 22.5 Å². The Morgan fingerprint density at radius 1 is 1.15 bits per heavy atom. The van der Waals surface area contributed by atoms with Gasteiger partial charge in [-0.05, 0) is 48.4 Å². The molecule has 0 amide bonds. The number of aromatic nitrogens is 2. The van der Waals surface area contributed by atoms with Gasteiger partial charge < -0.3 is 10.3 Å². The van der Waals surface area contributed by atoms with Crippen molar-refractivity contribution in [1.82, 2.24) is 10.1 Å². The second kappa shape index (κ2) is 5.09. The van der Waals surface area contributed by atoms with Crippen LogP contribution in [0, 0.1) is 6.92 Å². The van der Waals surface area contributed by atoms with Gasteiger partial charge in [0, 0.05) is 22.4 Å². The molecule has 0 unspecified atom stereocenters. The van der Waals surface area contributed by atoms with E-state index in [4.69, 9.17) is 10.3 Å². The normalized spacial score (nSPS) is 10.7. The Kier molecular flexibility index (Phi) is 3.28. The summed E-state index contributed by atoms with van der Waals surface area (Å²) in [6, 6.07) is 9.77. The number of hydrogen-bond acceptors (Lipinski definition) is 4. The lowest BCUT2D eigenvalue weighted by Crippen LogP contribution is -1.90. The van der Waals surface area contributed by atoms with E-state index in [0.29, 0.717) is 11.6 Å². The Balaban J connectivity index is 2.21. The molecule has 0 saturated carbocycles. The predicted octanol–water partition coefficient (Wildman–Crippen LogP) is 4.06. The molecule has 0 aliphatic carbocycles. The zero-order valence-electron chi connectivity index (χ0n) is 10.8. The van der Waals surface area contributed by atoms with Crippen molar-refractivity contribution in [3.63, 3.8) is 0 Å². The second-order valence-electron chi connectivity index (χ2n) is 4.47. The van der Waals surface area contributed by atoms with Crippen LogP contribution in [0.15, 0.2) is 51.7 Å². The van der Waals surface area contributed by atoms with Gasteiger partial charge in [-0.15, -0.1) is 0 Å². The molecule has 4 nitrogen and oxygen atoms in total. The number of anilines is 1. The maximum Gasteiger partial charge on any atom is 0.177 e. The number of benzene rings is 1. The fourth-order valence-electron chi connectivity index (χ4n) is 2.17. The van der Waals surface area contributed by atoms with E-state index < -0.39 is 0 Å². The highest BCUT2D eigenvalue weighted by atomic mass is 79.9. The predicted molar refractivity (Wildman–Crippen MR) is 82.0 cm³/mol. The van der Waals surface area contributed by atoms with E-state index in [1.807, 2.05) is 37.3 Å². The Morgan fingerprint density at radius 3 is 2.60 bits per heavy atom. The van der Waals surface area contributed by atoms with Gasteiger partial charge >= 0.3 is 0 Å². The quantitative estimate of drug-likeness (QED) is 0.770. The minimum Gasteiger partial charge on any atom is -0.380 e. The number of halogens is 1. The number of rotatable bonds is 2. The molecule has 0 radical (unpaired) electrons. The Bertz CT molecular complexity index is 753. The average Bonchev–Trinajstić information content (AvgIpc) is 2.81. The maximum absolute atomic E-state index is 5.96. The zero-order chi connectivity index (χ0) is 14.1. The van der Waals surface area contributed by atoms with Gasteiger partial charge in [0.05, 0.1) is 5.56 Å². The molecular weight excluding hydrogens is 318 g/mol. The summed E-state index contributed by atoms with van der Waals surface area (Å²) in [4.78, 5) is 4.02. The van der Waals surface area contributed by atoms with Crippen LogP contribution in [0.5, 0.6) is 0 Å². The zero-order valence-corrected chi connectivity index (χ0v) is 12.4. The number of pyridine rings is 1. The van der Waals surface area contributed by atoms with Crippen LogP contribution in [0.1, 0.15) is 5.56 Å². The molecule has 0 atom stereocenters. The number of nitrogen functional groups attached to an aromatic ring is 1. The van der Waals surface area contributed by atoms with Gasteiger partial charge in [0.2, 0.25) is 0 Å². The number of nitrogens with two attached hydrogens (primary N) is 1. The molecule has 2 N–H and O–H groups in total. The third kappa shape index (κ3) is 2.20. The van der Waals surface area contributed by atoms with Crippen LogP contribution in [0.3, 0.4) is 0 Å². The van der Waals surface area contributed by atoms with E-state index in [1.165, 1.54) is 0 Å². The summed E-state index contributed by atoms with van der Waals surface area (Å²) < 4.78 is 6.47. The van der Waals surface area contributed by atoms with Crippen molar-refractivity contribution in [2.75, 3.05) is 5.73 Å². The van der Waals surface area contributed by atoms with Crippen molar-refractivity contribution in [2.45, 2.75) is 6.92 Å². The molecule has 5 heteroatoms. The van der Waals surface area contributed by atoms with E-state index >= 15 is 0 Å². The van der Waals surface area contributed by atoms with Crippen molar-refractivity contribution in [1.29, 1.82) is 0 Å². The Hall–Kier alpha value is -2.14. The first-order chi connectivity index (χ1) is 9.66. The van der Waals surface area contributed by atoms with E-state index in [-0.39, 0.29) is 0 Å². The van der Waals surface area contributed by atoms with Gasteiger partial charge in [-0.25, -0.2) is 0 Å². The summed E-state index contributed by atoms with van der Waals surface area (Å²) in [5, 5.41) is 3.90. The molecule has 0 aliphatic rings. The van der Waals surface area contributed by atoms with E-state index in [1.54, 1.807) is 12.4 Å². The molecule has 0 spiro atoms. The van der Waals surface area contributed by atoms with Crippen LogP contribution >= 0.6 is 15.9 Å². The van der Waals surface area contributed by atoms with Crippen LogP contribution in [0.4, 0.5) is 5.82 Å². The third-order valence-electron chi connectivity index (χ3n) is 3.12. The van der Waals surface area contributed by atoms with Crippen LogP contribution in [0.2, 0.25) is 0 Å². The largest absolute Gasteiger partial charge is 0.380 e. The summed E-state index contributed by atoms with van der Waals surface area (Å²) in [5.74, 6) is 1.06. The van der Waals surface area contributed by atoms with Crippen molar-refractivity contribution >= 4 is 21.7 Å². The molecule has 3 aromatic rings. The smallest absolute Gasteiger partial charge is 0.177 e. The number of aryl methyl sites for hydroxylation is 1. The molecule has 0 aliphatic heterocycles. The molecule has 20 heavy (non-hydrogen) atoms. The van der Waals surface area contributed by atoms with Gasteiger partial charge in [0.1, 0.15) is 0 Å². The lowest BCUT2D eigenvalue weighted by Gasteiger charge is -2.06. The highest BCUT2D eigenvalue weighted by Gasteiger charge is 2.18. The SMILES string of the molecule is Cc1cc(Br)ccc1-c1onc(N)c1-c1ccncc1. The molecule has 1 aromatic carbocycles. The minimum absolute atomic E-state index is 0.383. The van der Waals surface area contributed by atoms with Gasteiger partial charge in [-0.3, -0.25) is 4.98 Å².